The van der Waals surface area contributed by atoms with Crippen LogP contribution in [0.5, 0.6) is 0 Å². The lowest BCUT2D eigenvalue weighted by Crippen LogP contribution is -2.46. The fourth-order valence-corrected chi connectivity index (χ4v) is 5.29. The van der Waals surface area contributed by atoms with E-state index in [-0.39, 0.29) is 12.6 Å². The summed E-state index contributed by atoms with van der Waals surface area (Å²) in [4.78, 5) is 26.1. The van der Waals surface area contributed by atoms with Crippen LogP contribution in [-0.2, 0) is 13.5 Å². The van der Waals surface area contributed by atoms with E-state index in [1.54, 1.807) is 11.2 Å². The van der Waals surface area contributed by atoms with Gasteiger partial charge in [-0.3, -0.25) is 0 Å². The first-order chi connectivity index (χ1) is 16.5. The molecule has 5 rings (SSSR count). The maximum atomic E-state index is 11.8. The minimum Gasteiger partial charge on any atom is -0.465 e. The third-order valence-electron chi connectivity index (χ3n) is 6.99. The summed E-state index contributed by atoms with van der Waals surface area (Å²) in [6, 6.07) is 10.3. The third-order valence-corrected chi connectivity index (χ3v) is 6.99. The van der Waals surface area contributed by atoms with Crippen LogP contribution in [-0.4, -0.2) is 67.0 Å². The number of H-pyrrole nitrogens is 1. The second kappa shape index (κ2) is 8.98. The zero-order valence-electron chi connectivity index (χ0n) is 19.5. The Kier molecular flexibility index (Phi) is 5.87. The number of piperidine rings is 1. The number of hydrogen-bond donors (Lipinski definition) is 4. The summed E-state index contributed by atoms with van der Waals surface area (Å²) in [5.41, 5.74) is 5.71. The summed E-state index contributed by atoms with van der Waals surface area (Å²) in [6.07, 6.45) is 3.88. The molecule has 1 saturated heterocycles. The summed E-state index contributed by atoms with van der Waals surface area (Å²) in [6.45, 7) is 0.667. The number of fused-ring (bicyclic) bond motifs is 3. The van der Waals surface area contributed by atoms with E-state index < -0.39 is 6.09 Å². The van der Waals surface area contributed by atoms with E-state index in [1.165, 1.54) is 0 Å². The molecule has 9 heteroatoms. The molecule has 0 radical (unpaired) electrons. The van der Waals surface area contributed by atoms with Gasteiger partial charge in [-0.2, -0.15) is 0 Å². The molecule has 1 fully saturated rings. The number of likely N-dealkylation sites (tertiary alicyclic amines) is 1. The number of carboxylic acid groups (broad SMARTS) is 1. The van der Waals surface area contributed by atoms with Gasteiger partial charge in [0.2, 0.25) is 0 Å². The van der Waals surface area contributed by atoms with Crippen molar-refractivity contribution in [2.24, 2.45) is 13.0 Å². The maximum absolute atomic E-state index is 11.8. The molecule has 0 spiro atoms. The number of aromatic amines is 1. The first-order valence-electron chi connectivity index (χ1n) is 11.7. The van der Waals surface area contributed by atoms with Crippen LogP contribution in [0.15, 0.2) is 36.7 Å². The highest BCUT2D eigenvalue weighted by Crippen LogP contribution is 2.33. The maximum Gasteiger partial charge on any atom is 0.407 e. The Hall–Kier alpha value is -3.59. The number of imidazole rings is 1. The fourth-order valence-electron chi connectivity index (χ4n) is 5.29. The van der Waals surface area contributed by atoms with Crippen molar-refractivity contribution < 1.29 is 15.0 Å². The van der Waals surface area contributed by atoms with Crippen molar-refractivity contribution in [2.45, 2.75) is 31.7 Å². The summed E-state index contributed by atoms with van der Waals surface area (Å²) in [5, 5.41) is 23.2. The van der Waals surface area contributed by atoms with E-state index >= 15 is 0 Å². The zero-order valence-corrected chi connectivity index (χ0v) is 19.5. The summed E-state index contributed by atoms with van der Waals surface area (Å²) >= 11 is 0. The molecule has 4 aromatic rings. The molecule has 34 heavy (non-hydrogen) atoms. The van der Waals surface area contributed by atoms with E-state index in [1.807, 2.05) is 24.7 Å². The number of nitrogens with zero attached hydrogens (tertiary/aromatic N) is 4. The van der Waals surface area contributed by atoms with Gasteiger partial charge in [-0.1, -0.05) is 18.2 Å². The highest BCUT2D eigenvalue weighted by atomic mass is 16.4. The average molecular weight is 463 g/mol. The molecule has 0 bridgehead atoms. The molecule has 4 heterocycles. The van der Waals surface area contributed by atoms with Gasteiger partial charge in [0, 0.05) is 44.4 Å². The van der Waals surface area contributed by atoms with Gasteiger partial charge in [0.05, 0.1) is 11.8 Å². The quantitative estimate of drug-likeness (QED) is 0.346. The molecule has 4 N–H and O–H groups in total. The molecule has 0 saturated carbocycles. The number of aliphatic hydroxyl groups is 1. The lowest BCUT2D eigenvalue weighted by Gasteiger charge is -2.38. The lowest BCUT2D eigenvalue weighted by molar-refractivity contribution is 0.0832. The number of anilines is 1. The number of benzene rings is 1. The second-order valence-corrected chi connectivity index (χ2v) is 9.15. The van der Waals surface area contributed by atoms with Crippen molar-refractivity contribution in [1.82, 2.24) is 24.4 Å². The predicted molar refractivity (Wildman–Crippen MR) is 132 cm³/mol. The van der Waals surface area contributed by atoms with Crippen LogP contribution in [0.1, 0.15) is 24.8 Å². The number of hydrogen-bond acceptors (Lipinski definition) is 5. The van der Waals surface area contributed by atoms with Gasteiger partial charge in [-0.15, -0.1) is 0 Å². The Bertz CT molecular complexity index is 1340. The average Bonchev–Trinajstić information content (AvgIpc) is 3.42. The Labute approximate surface area is 197 Å². The van der Waals surface area contributed by atoms with Gasteiger partial charge in [0.25, 0.3) is 0 Å². The number of nitrogens with one attached hydrogen (secondary N) is 2. The van der Waals surface area contributed by atoms with E-state index in [2.05, 4.69) is 39.6 Å². The molecular formula is C25H30N6O3. The van der Waals surface area contributed by atoms with Gasteiger partial charge in [0.1, 0.15) is 11.2 Å². The third kappa shape index (κ3) is 3.96. The van der Waals surface area contributed by atoms with E-state index in [0.29, 0.717) is 18.9 Å². The topological polar surface area (TPSA) is 119 Å². The molecule has 1 aliphatic heterocycles. The number of pyridine rings is 1. The first-order valence-corrected chi connectivity index (χ1v) is 11.7. The van der Waals surface area contributed by atoms with Crippen molar-refractivity contribution >= 4 is 34.0 Å². The van der Waals surface area contributed by atoms with Crippen LogP contribution in [0.25, 0.3) is 33.3 Å². The molecular weight excluding hydrogens is 432 g/mol. The van der Waals surface area contributed by atoms with Crippen LogP contribution in [0, 0.1) is 5.92 Å². The van der Waals surface area contributed by atoms with Crippen molar-refractivity contribution in [1.29, 1.82) is 0 Å². The molecule has 0 aliphatic carbocycles. The van der Waals surface area contributed by atoms with E-state index in [0.717, 1.165) is 64.0 Å². The van der Waals surface area contributed by atoms with Gasteiger partial charge in [-0.05, 0) is 54.9 Å². The van der Waals surface area contributed by atoms with Crippen molar-refractivity contribution in [2.75, 3.05) is 25.5 Å². The number of aryl methyl sites for hydroxylation is 1. The van der Waals surface area contributed by atoms with Crippen molar-refractivity contribution in [3.05, 3.63) is 42.2 Å². The monoisotopic (exact) mass is 462 g/mol. The Morgan fingerprint density at radius 2 is 2.18 bits per heavy atom. The van der Waals surface area contributed by atoms with Crippen LogP contribution in [0.2, 0.25) is 0 Å². The number of rotatable bonds is 6. The smallest absolute Gasteiger partial charge is 0.407 e. The lowest BCUT2D eigenvalue weighted by atomic mass is 9.86. The summed E-state index contributed by atoms with van der Waals surface area (Å²) in [5.74, 6) is 1.09. The van der Waals surface area contributed by atoms with Crippen molar-refractivity contribution in [3.63, 3.8) is 0 Å². The molecule has 2 atom stereocenters. The molecule has 3 aromatic heterocycles. The minimum absolute atomic E-state index is 0.0883. The molecule has 9 nitrogen and oxygen atoms in total. The number of carbonyl (C=O) groups is 1. The molecule has 178 valence electrons. The van der Waals surface area contributed by atoms with Crippen LogP contribution < -0.4 is 5.32 Å². The van der Waals surface area contributed by atoms with Crippen molar-refractivity contribution in [3.8, 4) is 11.3 Å². The highest BCUT2D eigenvalue weighted by Gasteiger charge is 2.31. The molecule has 1 aromatic carbocycles. The summed E-state index contributed by atoms with van der Waals surface area (Å²) in [7, 11) is 3.82. The van der Waals surface area contributed by atoms with E-state index in [9.17, 15) is 15.0 Å². The minimum atomic E-state index is -0.870. The van der Waals surface area contributed by atoms with Crippen LogP contribution in [0.3, 0.4) is 0 Å². The van der Waals surface area contributed by atoms with Gasteiger partial charge in [0.15, 0.2) is 5.82 Å². The molecule has 1 amide bonds. The van der Waals surface area contributed by atoms with Gasteiger partial charge >= 0.3 is 6.09 Å². The van der Waals surface area contributed by atoms with E-state index in [4.69, 9.17) is 4.98 Å². The van der Waals surface area contributed by atoms with Crippen LogP contribution >= 0.6 is 0 Å². The SMILES string of the molecule is CNc1nc2[nH]c(-c3cccc(CC4CC(CCO)CCN4C(=O)O)c3)cc2c2c1ncn2C. The fraction of sp³-hybridized carbons (Fsp3) is 0.400. The second-order valence-electron chi connectivity index (χ2n) is 9.15. The number of aromatic nitrogens is 4. The summed E-state index contributed by atoms with van der Waals surface area (Å²) < 4.78 is 2.00. The van der Waals surface area contributed by atoms with Gasteiger partial charge < -0.3 is 30.0 Å². The predicted octanol–water partition coefficient (Wildman–Crippen LogP) is 3.84. The van der Waals surface area contributed by atoms with Crippen LogP contribution in [0.4, 0.5) is 10.6 Å². The first kappa shape index (κ1) is 22.2. The Morgan fingerprint density at radius 3 is 2.94 bits per heavy atom. The number of amides is 1. The Morgan fingerprint density at radius 1 is 1.32 bits per heavy atom. The van der Waals surface area contributed by atoms with Gasteiger partial charge in [-0.25, -0.2) is 14.8 Å². The normalized spacial score (nSPS) is 18.6. The Balaban J connectivity index is 1.47. The zero-order chi connectivity index (χ0) is 23.8. The standard InChI is InChI=1S/C25H30N6O3/c1-26-24-21-22(30(2)14-27-21)19-13-20(28-23(19)29-24)17-5-3-4-16(10-17)12-18-11-15(7-9-32)6-8-31(18)25(33)34/h3-5,10,13-15,18,32H,6-9,11-12H2,1-2H3,(H,33,34)(H2,26,28,29). The highest BCUT2D eigenvalue weighted by molar-refractivity contribution is 6.07. The molecule has 2 unspecified atom stereocenters. The molecule has 1 aliphatic rings. The number of aliphatic hydroxyl groups excluding tert-OH is 1. The largest absolute Gasteiger partial charge is 0.465 e.